The Balaban J connectivity index is 0.000000244. The molecule has 0 radical (unpaired) electrons. The fourth-order valence-electron chi connectivity index (χ4n) is 4.46. The van der Waals surface area contributed by atoms with Gasteiger partial charge in [-0.15, -0.1) is 5.10 Å². The minimum atomic E-state index is -4.71. The quantitative estimate of drug-likeness (QED) is 0.0966. The summed E-state index contributed by atoms with van der Waals surface area (Å²) in [5, 5.41) is 18.5. The van der Waals surface area contributed by atoms with Crippen molar-refractivity contribution in [2.75, 3.05) is 19.1 Å². The summed E-state index contributed by atoms with van der Waals surface area (Å²) in [6.07, 6.45) is -1.81. The summed E-state index contributed by atoms with van der Waals surface area (Å²) in [5.41, 5.74) is -1.39. The number of hydrogen-bond acceptors (Lipinski definition) is 12. The summed E-state index contributed by atoms with van der Waals surface area (Å²) < 4.78 is 89.3. The molecular formula is C33H38Cl2F3N4O12PS. The Bertz CT molecular complexity index is 2280. The molecular weight excluding hydrogens is 835 g/mol. The second kappa shape index (κ2) is 18.0. The van der Waals surface area contributed by atoms with Crippen LogP contribution in [0.2, 0.25) is 10.0 Å². The fourth-order valence-corrected chi connectivity index (χ4v) is 6.28. The third-order valence-corrected chi connectivity index (χ3v) is 9.49. The number of aliphatic carboxylic acids is 1. The van der Waals surface area contributed by atoms with Crippen LogP contribution in [0.3, 0.4) is 0 Å². The zero-order chi connectivity index (χ0) is 42.6. The van der Waals surface area contributed by atoms with Gasteiger partial charge in [0.2, 0.25) is 5.89 Å². The van der Waals surface area contributed by atoms with Crippen LogP contribution in [0.4, 0.5) is 13.2 Å². The van der Waals surface area contributed by atoms with Gasteiger partial charge < -0.3 is 28.6 Å². The molecule has 1 aliphatic rings. The maximum absolute atomic E-state index is 12.8. The highest BCUT2D eigenvalue weighted by Crippen LogP contribution is 2.42. The van der Waals surface area contributed by atoms with Gasteiger partial charge in [0.25, 0.3) is 0 Å². The van der Waals surface area contributed by atoms with Gasteiger partial charge in [-0.3, -0.25) is 19.5 Å². The molecule has 2 heterocycles. The number of nitrogens with one attached hydrogen (secondary N) is 1. The lowest BCUT2D eigenvalue weighted by atomic mass is 9.97. The topological polar surface area (TPSA) is 241 Å². The van der Waals surface area contributed by atoms with Gasteiger partial charge in [0.1, 0.15) is 5.75 Å². The Labute approximate surface area is 328 Å². The van der Waals surface area contributed by atoms with Gasteiger partial charge in [0, 0.05) is 29.2 Å². The number of benzene rings is 2. The van der Waals surface area contributed by atoms with E-state index in [0.29, 0.717) is 40.2 Å². The standard InChI is InChI=1S/C15H18Cl2N2O3.C15H12F3NO4S.C3H8NO5P/c1-8(2)21-12-7-11(9(16)6-10(12)17)19-14(20)22-13(18-19)15(3,4)5;1-24(21,22)12-6-9(15(16,17)18)4-5-10(12)13(20)11-7-19-23-14(11)8-2-3-8;5-3(6)1-4-2-10(7,8)9/h6-8H,1-5H3;4-8H,2-3H2,1H3;4H,1-2H2,(H,5,6)(H2,7,8,9). The van der Waals surface area contributed by atoms with Crippen LogP contribution >= 0.6 is 30.8 Å². The van der Waals surface area contributed by atoms with Crippen LogP contribution in [0.1, 0.15) is 86.5 Å². The van der Waals surface area contributed by atoms with E-state index in [1.165, 1.54) is 12.3 Å². The van der Waals surface area contributed by atoms with Crippen LogP contribution in [0.15, 0.2) is 55.2 Å². The van der Waals surface area contributed by atoms with Crippen molar-refractivity contribution >= 4 is 52.4 Å². The van der Waals surface area contributed by atoms with Gasteiger partial charge in [0.15, 0.2) is 21.4 Å². The zero-order valence-corrected chi connectivity index (χ0v) is 33.8. The Morgan fingerprint density at radius 3 is 2.20 bits per heavy atom. The van der Waals surface area contributed by atoms with E-state index in [1.807, 2.05) is 34.6 Å². The summed E-state index contributed by atoms with van der Waals surface area (Å²) in [6, 6.07) is 5.15. The minimum absolute atomic E-state index is 0.0441. The molecule has 16 nitrogen and oxygen atoms in total. The minimum Gasteiger partial charge on any atom is -0.489 e. The van der Waals surface area contributed by atoms with E-state index in [1.54, 1.807) is 6.07 Å². The monoisotopic (exact) mass is 872 g/mol. The molecule has 23 heteroatoms. The molecule has 0 saturated heterocycles. The maximum Gasteiger partial charge on any atom is 0.442 e. The Kier molecular flexibility index (Phi) is 14.9. The van der Waals surface area contributed by atoms with Crippen LogP contribution in [-0.2, 0) is 30.8 Å². The first-order chi connectivity index (χ1) is 25.6. The van der Waals surface area contributed by atoms with E-state index >= 15 is 0 Å². The Morgan fingerprint density at radius 1 is 1.09 bits per heavy atom. The molecule has 0 amide bonds. The van der Waals surface area contributed by atoms with Crippen molar-refractivity contribution < 1.29 is 64.3 Å². The second-order valence-electron chi connectivity index (χ2n) is 13.6. The summed E-state index contributed by atoms with van der Waals surface area (Å²) in [4.78, 5) is 50.2. The number of aromatic nitrogens is 3. The number of ether oxygens (including phenoxy) is 1. The molecule has 1 aliphatic carbocycles. The normalized spacial score (nSPS) is 13.4. The third-order valence-electron chi connectivity index (χ3n) is 7.12. The molecule has 0 bridgehead atoms. The number of carboxylic acid groups (broad SMARTS) is 1. The molecule has 0 spiro atoms. The van der Waals surface area contributed by atoms with Gasteiger partial charge in [-0.05, 0) is 51.0 Å². The smallest absolute Gasteiger partial charge is 0.442 e. The molecule has 1 fully saturated rings. The zero-order valence-electron chi connectivity index (χ0n) is 30.6. The first-order valence-electron chi connectivity index (χ1n) is 16.2. The van der Waals surface area contributed by atoms with E-state index in [9.17, 15) is 40.5 Å². The summed E-state index contributed by atoms with van der Waals surface area (Å²) in [5.74, 6) is -1.31. The molecule has 0 aliphatic heterocycles. The largest absolute Gasteiger partial charge is 0.489 e. The molecule has 56 heavy (non-hydrogen) atoms. The van der Waals surface area contributed by atoms with E-state index in [0.717, 1.165) is 29.8 Å². The molecule has 308 valence electrons. The number of carbonyl (C=O) groups excluding carboxylic acids is 1. The molecule has 2 aromatic carbocycles. The number of alkyl halides is 3. The van der Waals surface area contributed by atoms with Crippen molar-refractivity contribution in [3.63, 3.8) is 0 Å². The van der Waals surface area contributed by atoms with Crippen LogP contribution in [0, 0.1) is 0 Å². The third kappa shape index (κ3) is 13.3. The van der Waals surface area contributed by atoms with Gasteiger partial charge >= 0.3 is 25.5 Å². The second-order valence-corrected chi connectivity index (χ2v) is 18.0. The van der Waals surface area contributed by atoms with Crippen molar-refractivity contribution in [1.29, 1.82) is 0 Å². The number of halogens is 5. The number of rotatable bonds is 11. The molecule has 0 atom stereocenters. The van der Waals surface area contributed by atoms with Crippen LogP contribution in [-0.4, -0.2) is 75.2 Å². The average molecular weight is 874 g/mol. The molecule has 0 unspecified atom stereocenters. The summed E-state index contributed by atoms with van der Waals surface area (Å²) in [7, 11) is -8.14. The van der Waals surface area contributed by atoms with Crippen molar-refractivity contribution in [3.8, 4) is 11.4 Å². The van der Waals surface area contributed by atoms with Crippen LogP contribution in [0.5, 0.6) is 5.75 Å². The summed E-state index contributed by atoms with van der Waals surface area (Å²) >= 11 is 12.3. The Hall–Kier alpha value is -4.04. The first kappa shape index (κ1) is 46.3. The van der Waals surface area contributed by atoms with Crippen molar-refractivity contribution in [3.05, 3.63) is 85.5 Å². The predicted octanol–water partition coefficient (Wildman–Crippen LogP) is 6.22. The van der Waals surface area contributed by atoms with Crippen LogP contribution < -0.4 is 15.8 Å². The lowest BCUT2D eigenvalue weighted by Crippen LogP contribution is -2.23. The first-order valence-corrected chi connectivity index (χ1v) is 20.7. The van der Waals surface area contributed by atoms with Crippen molar-refractivity contribution in [2.45, 2.75) is 76.0 Å². The number of carboxylic acids is 1. The van der Waals surface area contributed by atoms with E-state index in [4.69, 9.17) is 51.8 Å². The van der Waals surface area contributed by atoms with E-state index in [-0.39, 0.29) is 33.6 Å². The maximum atomic E-state index is 12.8. The van der Waals surface area contributed by atoms with Gasteiger partial charge in [-0.25, -0.2) is 13.2 Å². The lowest BCUT2D eigenvalue weighted by Gasteiger charge is -2.13. The van der Waals surface area contributed by atoms with Gasteiger partial charge in [-0.2, -0.15) is 17.9 Å². The van der Waals surface area contributed by atoms with Gasteiger partial charge in [0.05, 0.1) is 56.9 Å². The predicted molar refractivity (Wildman–Crippen MR) is 196 cm³/mol. The molecule has 5 rings (SSSR count). The Morgan fingerprint density at radius 2 is 1.71 bits per heavy atom. The van der Waals surface area contributed by atoms with Crippen LogP contribution in [0.25, 0.3) is 5.69 Å². The lowest BCUT2D eigenvalue weighted by molar-refractivity contribution is -0.138. The molecule has 4 N–H and O–H groups in total. The highest BCUT2D eigenvalue weighted by Gasteiger charge is 2.36. The van der Waals surface area contributed by atoms with Crippen molar-refractivity contribution in [2.24, 2.45) is 0 Å². The number of nitrogens with zero attached hydrogens (tertiary/aromatic N) is 3. The summed E-state index contributed by atoms with van der Waals surface area (Å²) in [6.45, 7) is 9.03. The molecule has 2 aromatic heterocycles. The fraction of sp³-hybridized carbons (Fsp3) is 0.424. The highest BCUT2D eigenvalue weighted by atomic mass is 35.5. The number of ketones is 1. The SMILES string of the molecule is CC(C)Oc1cc(-n2nc(C(C)(C)C)oc2=O)c(Cl)cc1Cl.CS(=O)(=O)c1cc(C(F)(F)F)ccc1C(=O)c1cnoc1C1CC1.O=C(O)CNCP(=O)(O)O. The molecule has 1 saturated carbocycles. The number of carbonyl (C=O) groups is 2. The number of hydrogen-bond donors (Lipinski definition) is 4. The highest BCUT2D eigenvalue weighted by molar-refractivity contribution is 7.90. The van der Waals surface area contributed by atoms with E-state index in [2.05, 4.69) is 15.6 Å². The van der Waals surface area contributed by atoms with Crippen molar-refractivity contribution in [1.82, 2.24) is 20.3 Å². The number of sulfone groups is 1. The molecule has 4 aromatic rings. The van der Waals surface area contributed by atoms with E-state index < -0.39 is 64.4 Å². The van der Waals surface area contributed by atoms with Gasteiger partial charge in [-0.1, -0.05) is 49.1 Å². The average Bonchev–Trinajstić information content (AvgIpc) is 3.63.